The lowest BCUT2D eigenvalue weighted by Gasteiger charge is -2.05. The third-order valence-electron chi connectivity index (χ3n) is 2.14. The van der Waals surface area contributed by atoms with E-state index in [-0.39, 0.29) is 12.5 Å². The normalized spacial score (nSPS) is 10.4. The van der Waals surface area contributed by atoms with Gasteiger partial charge in [-0.1, -0.05) is 21.1 Å². The molecule has 5 nitrogen and oxygen atoms in total. The van der Waals surface area contributed by atoms with Crippen molar-refractivity contribution in [3.05, 3.63) is 44.4 Å². The topological polar surface area (TPSA) is 68.0 Å². The van der Waals surface area contributed by atoms with E-state index < -0.39 is 0 Å². The van der Waals surface area contributed by atoms with E-state index in [1.807, 2.05) is 6.07 Å². The van der Waals surface area contributed by atoms with Crippen LogP contribution in [0.25, 0.3) is 0 Å². The van der Waals surface area contributed by atoms with Crippen LogP contribution in [-0.2, 0) is 6.54 Å². The Balaban J connectivity index is 2.05. The van der Waals surface area contributed by atoms with Gasteiger partial charge in [0.2, 0.25) is 5.89 Å². The smallest absolute Gasteiger partial charge is 0.252 e. The number of carbonyl (C=O) groups excluding carboxylic acids is 1. The maximum absolute atomic E-state index is 11.9. The van der Waals surface area contributed by atoms with Gasteiger partial charge in [0.05, 0.1) is 12.1 Å². The van der Waals surface area contributed by atoms with Crippen molar-refractivity contribution in [2.75, 3.05) is 0 Å². The van der Waals surface area contributed by atoms with Crippen LogP contribution in [-0.4, -0.2) is 16.0 Å². The number of carbonyl (C=O) groups is 1. The Kier molecular flexibility index (Phi) is 4.13. The Bertz CT molecular complexity index is 583. The van der Waals surface area contributed by atoms with Crippen molar-refractivity contribution in [2.45, 2.75) is 13.5 Å². The molecule has 2 rings (SSSR count). The molecule has 1 aromatic heterocycles. The quantitative estimate of drug-likeness (QED) is 0.896. The Morgan fingerprint density at radius 1 is 1.44 bits per heavy atom. The number of halogens is 2. The minimum absolute atomic E-state index is 0.207. The van der Waals surface area contributed by atoms with Crippen LogP contribution in [0.4, 0.5) is 0 Å². The van der Waals surface area contributed by atoms with E-state index >= 15 is 0 Å². The Labute approximate surface area is 120 Å². The predicted octanol–water partition coefficient (Wildman–Crippen LogP) is 2.83. The summed E-state index contributed by atoms with van der Waals surface area (Å²) in [7, 11) is 0. The van der Waals surface area contributed by atoms with Crippen molar-refractivity contribution in [1.29, 1.82) is 0 Å². The Morgan fingerprint density at radius 3 is 2.89 bits per heavy atom. The second-order valence-corrected chi connectivity index (χ2v) is 5.31. The van der Waals surface area contributed by atoms with E-state index in [1.54, 1.807) is 19.1 Å². The van der Waals surface area contributed by atoms with Gasteiger partial charge < -0.3 is 9.84 Å². The summed E-state index contributed by atoms with van der Waals surface area (Å²) in [6.07, 6.45) is 0. The van der Waals surface area contributed by atoms with Crippen LogP contribution < -0.4 is 5.32 Å². The molecule has 0 spiro atoms. The summed E-state index contributed by atoms with van der Waals surface area (Å²) in [5, 5.41) is 6.36. The van der Waals surface area contributed by atoms with Crippen LogP contribution in [0.2, 0.25) is 0 Å². The van der Waals surface area contributed by atoms with Crippen molar-refractivity contribution in [2.24, 2.45) is 0 Å². The molecule has 0 radical (unpaired) electrons. The van der Waals surface area contributed by atoms with Gasteiger partial charge >= 0.3 is 0 Å². The summed E-state index contributed by atoms with van der Waals surface area (Å²) in [5.74, 6) is 0.717. The minimum atomic E-state index is -0.209. The monoisotopic (exact) mass is 373 g/mol. The molecular weight excluding hydrogens is 366 g/mol. The predicted molar refractivity (Wildman–Crippen MR) is 72.0 cm³/mol. The number of aryl methyl sites for hydroxylation is 1. The molecule has 2 aromatic rings. The van der Waals surface area contributed by atoms with Crippen molar-refractivity contribution in [1.82, 2.24) is 15.5 Å². The maximum atomic E-state index is 11.9. The Morgan fingerprint density at radius 2 is 2.22 bits per heavy atom. The largest absolute Gasteiger partial charge is 0.343 e. The van der Waals surface area contributed by atoms with Crippen LogP contribution in [0.3, 0.4) is 0 Å². The number of hydrogen-bond donors (Lipinski definition) is 1. The molecule has 0 aliphatic rings. The Hall–Kier alpha value is -1.21. The van der Waals surface area contributed by atoms with Crippen LogP contribution in [0, 0.1) is 6.92 Å². The zero-order valence-electron chi connectivity index (χ0n) is 9.41. The van der Waals surface area contributed by atoms with E-state index in [2.05, 4.69) is 47.3 Å². The fourth-order valence-corrected chi connectivity index (χ4v) is 2.12. The van der Waals surface area contributed by atoms with Gasteiger partial charge in [0.25, 0.3) is 5.91 Å². The molecule has 1 amide bonds. The average molecular weight is 375 g/mol. The fraction of sp³-hybridized carbons (Fsp3) is 0.182. The second-order valence-electron chi connectivity index (χ2n) is 3.54. The van der Waals surface area contributed by atoms with E-state index in [9.17, 15) is 4.79 Å². The highest BCUT2D eigenvalue weighted by Crippen LogP contribution is 2.21. The lowest BCUT2D eigenvalue weighted by atomic mass is 10.2. The standard InChI is InChI=1S/C11H9Br2N3O2/c1-6-15-10(18-16-6)5-14-11(17)8-4-7(12)2-3-9(8)13/h2-4H,5H2,1H3,(H,14,17). The van der Waals surface area contributed by atoms with Crippen LogP contribution in [0.1, 0.15) is 22.1 Å². The summed E-state index contributed by atoms with van der Waals surface area (Å²) in [6.45, 7) is 1.93. The number of aromatic nitrogens is 2. The molecule has 0 aliphatic heterocycles. The molecule has 1 N–H and O–H groups in total. The maximum Gasteiger partial charge on any atom is 0.252 e. The third kappa shape index (κ3) is 3.17. The summed E-state index contributed by atoms with van der Waals surface area (Å²) in [6, 6.07) is 5.39. The first kappa shape index (κ1) is 13.2. The molecule has 0 bridgehead atoms. The van der Waals surface area contributed by atoms with E-state index in [0.717, 1.165) is 8.95 Å². The molecule has 0 fully saturated rings. The van der Waals surface area contributed by atoms with Gasteiger partial charge in [-0.2, -0.15) is 4.98 Å². The summed E-state index contributed by atoms with van der Waals surface area (Å²) in [4.78, 5) is 15.9. The van der Waals surface area contributed by atoms with Crippen LogP contribution in [0.15, 0.2) is 31.7 Å². The van der Waals surface area contributed by atoms with Gasteiger partial charge in [0, 0.05) is 8.95 Å². The van der Waals surface area contributed by atoms with Crippen LogP contribution >= 0.6 is 31.9 Å². The van der Waals surface area contributed by atoms with Crippen molar-refractivity contribution in [3.8, 4) is 0 Å². The number of amides is 1. The zero-order chi connectivity index (χ0) is 13.1. The fourth-order valence-electron chi connectivity index (χ4n) is 1.33. The molecular formula is C11H9Br2N3O2. The van der Waals surface area contributed by atoms with E-state index in [4.69, 9.17) is 4.52 Å². The lowest BCUT2D eigenvalue weighted by Crippen LogP contribution is -2.23. The molecule has 0 saturated carbocycles. The van der Waals surface area contributed by atoms with E-state index in [1.165, 1.54) is 0 Å². The number of hydrogen-bond acceptors (Lipinski definition) is 4. The van der Waals surface area contributed by atoms with Gasteiger partial charge in [-0.3, -0.25) is 4.79 Å². The van der Waals surface area contributed by atoms with E-state index in [0.29, 0.717) is 17.3 Å². The average Bonchev–Trinajstić information content (AvgIpc) is 2.75. The first-order chi connectivity index (χ1) is 8.56. The van der Waals surface area contributed by atoms with Gasteiger partial charge in [0.15, 0.2) is 5.82 Å². The summed E-state index contributed by atoms with van der Waals surface area (Å²) < 4.78 is 6.47. The second kappa shape index (κ2) is 5.62. The number of benzene rings is 1. The van der Waals surface area contributed by atoms with Crippen LogP contribution in [0.5, 0.6) is 0 Å². The molecule has 1 heterocycles. The van der Waals surface area contributed by atoms with Gasteiger partial charge in [-0.05, 0) is 41.1 Å². The molecule has 1 aromatic carbocycles. The minimum Gasteiger partial charge on any atom is -0.343 e. The SMILES string of the molecule is Cc1noc(CNC(=O)c2cc(Br)ccc2Br)n1. The van der Waals surface area contributed by atoms with Crippen molar-refractivity contribution >= 4 is 37.8 Å². The molecule has 0 saturated heterocycles. The highest BCUT2D eigenvalue weighted by Gasteiger charge is 2.11. The molecule has 0 atom stereocenters. The first-order valence-electron chi connectivity index (χ1n) is 5.08. The summed E-state index contributed by atoms with van der Waals surface area (Å²) >= 11 is 6.65. The number of nitrogens with one attached hydrogen (secondary N) is 1. The molecule has 0 unspecified atom stereocenters. The van der Waals surface area contributed by atoms with Gasteiger partial charge in [-0.15, -0.1) is 0 Å². The highest BCUT2D eigenvalue weighted by molar-refractivity contribution is 9.11. The van der Waals surface area contributed by atoms with Crippen molar-refractivity contribution < 1.29 is 9.32 Å². The van der Waals surface area contributed by atoms with Crippen molar-refractivity contribution in [3.63, 3.8) is 0 Å². The van der Waals surface area contributed by atoms with Gasteiger partial charge in [-0.25, -0.2) is 0 Å². The number of nitrogens with zero attached hydrogens (tertiary/aromatic N) is 2. The third-order valence-corrected chi connectivity index (χ3v) is 3.33. The van der Waals surface area contributed by atoms with Gasteiger partial charge in [0.1, 0.15) is 0 Å². The zero-order valence-corrected chi connectivity index (χ0v) is 12.6. The summed E-state index contributed by atoms with van der Waals surface area (Å²) in [5.41, 5.74) is 0.542. The molecule has 94 valence electrons. The molecule has 0 aliphatic carbocycles. The first-order valence-corrected chi connectivity index (χ1v) is 6.67. The lowest BCUT2D eigenvalue weighted by molar-refractivity contribution is 0.0945. The number of rotatable bonds is 3. The highest BCUT2D eigenvalue weighted by atomic mass is 79.9. The molecule has 7 heteroatoms. The molecule has 18 heavy (non-hydrogen) atoms.